The second-order valence-corrected chi connectivity index (χ2v) is 2.97. The van der Waals surface area contributed by atoms with Gasteiger partial charge in [0.25, 0.3) is 0 Å². The Morgan fingerprint density at radius 3 is 2.57 bits per heavy atom. The Morgan fingerprint density at radius 2 is 2.07 bits per heavy atom. The zero-order valence-corrected chi connectivity index (χ0v) is 8.12. The molecule has 1 aromatic carbocycles. The molecular weight excluding hydrogens is 186 g/mol. The van der Waals surface area contributed by atoms with Crippen molar-refractivity contribution in [2.75, 3.05) is 6.61 Å². The Bertz CT molecular complexity index is 328. The molecule has 1 aromatic rings. The van der Waals surface area contributed by atoms with Crippen LogP contribution in [0.3, 0.4) is 0 Å². The van der Waals surface area contributed by atoms with E-state index in [9.17, 15) is 4.39 Å². The van der Waals surface area contributed by atoms with Crippen LogP contribution in [0.1, 0.15) is 12.5 Å². The van der Waals surface area contributed by atoms with Crippen LogP contribution < -0.4 is 10.2 Å². The molecule has 0 atom stereocenters. The third-order valence-electron chi connectivity index (χ3n) is 1.78. The monoisotopic (exact) mass is 198 g/mol. The molecule has 0 amide bonds. The lowest BCUT2D eigenvalue weighted by atomic mass is 9.78. The maximum absolute atomic E-state index is 13.3. The van der Waals surface area contributed by atoms with Gasteiger partial charge in [0.2, 0.25) is 0 Å². The molecule has 0 aliphatic carbocycles. The third-order valence-corrected chi connectivity index (χ3v) is 1.78. The van der Waals surface area contributed by atoms with Crippen LogP contribution in [0.2, 0.25) is 0 Å². The number of hydrogen-bond donors (Lipinski definition) is 2. The van der Waals surface area contributed by atoms with E-state index in [1.807, 2.05) is 0 Å². The van der Waals surface area contributed by atoms with Crippen molar-refractivity contribution in [3.63, 3.8) is 0 Å². The van der Waals surface area contributed by atoms with Gasteiger partial charge in [0, 0.05) is 5.46 Å². The minimum absolute atomic E-state index is 0.0596. The van der Waals surface area contributed by atoms with Gasteiger partial charge < -0.3 is 14.8 Å². The van der Waals surface area contributed by atoms with Crippen LogP contribution in [-0.4, -0.2) is 23.8 Å². The van der Waals surface area contributed by atoms with Crippen LogP contribution in [0, 0.1) is 12.7 Å². The van der Waals surface area contributed by atoms with E-state index in [0.29, 0.717) is 5.56 Å². The summed E-state index contributed by atoms with van der Waals surface area (Å²) in [6.07, 6.45) is 0. The quantitative estimate of drug-likeness (QED) is 0.682. The Morgan fingerprint density at radius 1 is 1.43 bits per heavy atom. The molecule has 0 aromatic heterocycles. The number of halogens is 1. The van der Waals surface area contributed by atoms with Gasteiger partial charge in [-0.25, -0.2) is 4.39 Å². The van der Waals surface area contributed by atoms with Crippen molar-refractivity contribution >= 4 is 12.6 Å². The topological polar surface area (TPSA) is 49.7 Å². The summed E-state index contributed by atoms with van der Waals surface area (Å²) in [6, 6.07) is 2.77. The average molecular weight is 198 g/mol. The lowest BCUT2D eigenvalue weighted by Crippen LogP contribution is -2.32. The Labute approximate surface area is 82.3 Å². The third kappa shape index (κ3) is 2.24. The average Bonchev–Trinajstić information content (AvgIpc) is 2.09. The maximum Gasteiger partial charge on any atom is 0.492 e. The van der Waals surface area contributed by atoms with Crippen molar-refractivity contribution in [3.05, 3.63) is 23.5 Å². The van der Waals surface area contributed by atoms with E-state index in [2.05, 4.69) is 0 Å². The van der Waals surface area contributed by atoms with Crippen molar-refractivity contribution < 1.29 is 19.2 Å². The van der Waals surface area contributed by atoms with Crippen molar-refractivity contribution in [1.29, 1.82) is 0 Å². The van der Waals surface area contributed by atoms with Crippen molar-refractivity contribution in [1.82, 2.24) is 0 Å². The van der Waals surface area contributed by atoms with Gasteiger partial charge in [-0.15, -0.1) is 0 Å². The van der Waals surface area contributed by atoms with E-state index in [0.717, 1.165) is 0 Å². The highest BCUT2D eigenvalue weighted by atomic mass is 19.1. The van der Waals surface area contributed by atoms with Crippen LogP contribution >= 0.6 is 0 Å². The molecule has 0 saturated heterocycles. The fraction of sp³-hybridized carbons (Fsp3) is 0.333. The van der Waals surface area contributed by atoms with E-state index in [4.69, 9.17) is 14.8 Å². The molecule has 0 bridgehead atoms. The van der Waals surface area contributed by atoms with Crippen LogP contribution in [0.15, 0.2) is 12.1 Å². The predicted molar refractivity (Wildman–Crippen MR) is 52.1 cm³/mol. The molecule has 3 nitrogen and oxygen atoms in total. The number of benzene rings is 1. The first-order valence-corrected chi connectivity index (χ1v) is 4.35. The standard InChI is InChI=1S/C9H12BFO3/c1-3-14-9-7(10(12)13)4-6(2)5-8(9)11/h4-5,12-13H,3H2,1-2H3. The molecule has 0 spiro atoms. The smallest absolute Gasteiger partial charge is 0.491 e. The molecule has 0 aliphatic heterocycles. The predicted octanol–water partition coefficient (Wildman–Crippen LogP) is 0.213. The van der Waals surface area contributed by atoms with Gasteiger partial charge in [-0.05, 0) is 25.5 Å². The molecule has 14 heavy (non-hydrogen) atoms. The fourth-order valence-electron chi connectivity index (χ4n) is 1.24. The van der Waals surface area contributed by atoms with Crippen LogP contribution in [0.4, 0.5) is 4.39 Å². The van der Waals surface area contributed by atoms with Crippen molar-refractivity contribution in [2.24, 2.45) is 0 Å². The lowest BCUT2D eigenvalue weighted by molar-refractivity contribution is 0.321. The molecule has 0 aliphatic rings. The maximum atomic E-state index is 13.3. The summed E-state index contributed by atoms with van der Waals surface area (Å²) >= 11 is 0. The largest absolute Gasteiger partial charge is 0.492 e. The van der Waals surface area contributed by atoms with Crippen molar-refractivity contribution in [3.8, 4) is 5.75 Å². The molecule has 5 heteroatoms. The van der Waals surface area contributed by atoms with E-state index in [1.165, 1.54) is 12.1 Å². The van der Waals surface area contributed by atoms with Gasteiger partial charge >= 0.3 is 7.12 Å². The summed E-state index contributed by atoms with van der Waals surface area (Å²) in [5, 5.41) is 18.0. The SMILES string of the molecule is CCOc1c(F)cc(C)cc1B(O)O. The number of rotatable bonds is 3. The Hall–Kier alpha value is -1.07. The van der Waals surface area contributed by atoms with Crippen molar-refractivity contribution in [2.45, 2.75) is 13.8 Å². The Balaban J connectivity index is 3.21. The fourth-order valence-corrected chi connectivity index (χ4v) is 1.24. The lowest BCUT2D eigenvalue weighted by Gasteiger charge is -2.11. The molecule has 0 radical (unpaired) electrons. The van der Waals surface area contributed by atoms with E-state index >= 15 is 0 Å². The first-order valence-electron chi connectivity index (χ1n) is 4.35. The van der Waals surface area contributed by atoms with Crippen LogP contribution in [0.25, 0.3) is 0 Å². The molecule has 0 unspecified atom stereocenters. The molecule has 2 N–H and O–H groups in total. The summed E-state index contributed by atoms with van der Waals surface area (Å²) < 4.78 is 18.3. The highest BCUT2D eigenvalue weighted by molar-refractivity contribution is 6.59. The summed E-state index contributed by atoms with van der Waals surface area (Å²) in [5.41, 5.74) is 0.679. The van der Waals surface area contributed by atoms with Gasteiger partial charge in [-0.2, -0.15) is 0 Å². The first-order chi connectivity index (χ1) is 6.56. The minimum Gasteiger partial charge on any atom is -0.491 e. The van der Waals surface area contributed by atoms with Gasteiger partial charge in [-0.1, -0.05) is 6.07 Å². The van der Waals surface area contributed by atoms with Crippen LogP contribution in [0.5, 0.6) is 5.75 Å². The van der Waals surface area contributed by atoms with E-state index in [-0.39, 0.29) is 17.8 Å². The highest BCUT2D eigenvalue weighted by Gasteiger charge is 2.20. The molecule has 0 saturated carbocycles. The number of hydrogen-bond acceptors (Lipinski definition) is 3. The summed E-state index contributed by atoms with van der Waals surface area (Å²) in [5.74, 6) is -0.664. The van der Waals surface area contributed by atoms with E-state index < -0.39 is 12.9 Å². The van der Waals surface area contributed by atoms with Gasteiger partial charge in [0.15, 0.2) is 11.6 Å². The molecular formula is C9H12BFO3. The molecule has 1 rings (SSSR count). The zero-order chi connectivity index (χ0) is 10.7. The number of aryl methyl sites for hydroxylation is 1. The van der Waals surface area contributed by atoms with Gasteiger partial charge in [-0.3, -0.25) is 0 Å². The highest BCUT2D eigenvalue weighted by Crippen LogP contribution is 2.16. The second-order valence-electron chi connectivity index (χ2n) is 2.97. The van der Waals surface area contributed by atoms with E-state index in [1.54, 1.807) is 13.8 Å². The Kier molecular flexibility index (Phi) is 3.49. The molecule has 0 fully saturated rings. The molecule has 0 heterocycles. The number of ether oxygens (including phenoxy) is 1. The zero-order valence-electron chi connectivity index (χ0n) is 8.12. The summed E-state index contributed by atoms with van der Waals surface area (Å²) in [4.78, 5) is 0. The minimum atomic E-state index is -1.72. The normalized spacial score (nSPS) is 10.1. The van der Waals surface area contributed by atoms with Gasteiger partial charge in [0.05, 0.1) is 6.61 Å². The molecule has 76 valence electrons. The van der Waals surface area contributed by atoms with Gasteiger partial charge in [0.1, 0.15) is 0 Å². The summed E-state index contributed by atoms with van der Waals surface area (Å²) in [7, 11) is -1.72. The first kappa shape index (κ1) is 11.0. The second kappa shape index (κ2) is 4.44. The van der Waals surface area contributed by atoms with Crippen LogP contribution in [-0.2, 0) is 0 Å². The summed E-state index contributed by atoms with van der Waals surface area (Å²) in [6.45, 7) is 3.65.